The zero-order valence-electron chi connectivity index (χ0n) is 14.7. The fourth-order valence-electron chi connectivity index (χ4n) is 3.94. The third-order valence-corrected chi connectivity index (χ3v) is 5.27. The van der Waals surface area contributed by atoms with Gasteiger partial charge in [0.15, 0.2) is 0 Å². The fourth-order valence-corrected chi connectivity index (χ4v) is 3.94. The average Bonchev–Trinajstić information content (AvgIpc) is 2.49. The van der Waals surface area contributed by atoms with Gasteiger partial charge in [-0.25, -0.2) is 0 Å². The molecule has 4 nitrogen and oxygen atoms in total. The summed E-state index contributed by atoms with van der Waals surface area (Å²) < 4.78 is 0. The minimum atomic E-state index is 0.272. The lowest BCUT2D eigenvalue weighted by Gasteiger charge is -2.34. The van der Waals surface area contributed by atoms with E-state index in [-0.39, 0.29) is 5.91 Å². The molecule has 2 aliphatic rings. The Kier molecular flexibility index (Phi) is 7.16. The summed E-state index contributed by atoms with van der Waals surface area (Å²) in [5.41, 5.74) is 0. The second-order valence-corrected chi connectivity index (χ2v) is 7.81. The molecule has 0 radical (unpaired) electrons. The number of amides is 1. The van der Waals surface area contributed by atoms with E-state index in [2.05, 4.69) is 36.3 Å². The van der Waals surface area contributed by atoms with Crippen LogP contribution in [-0.2, 0) is 4.79 Å². The van der Waals surface area contributed by atoms with Crippen LogP contribution in [0.1, 0.15) is 52.9 Å². The Balaban J connectivity index is 1.65. The molecule has 128 valence electrons. The SMILES string of the molecule is CC(C)CN1CCC(NC(=O)CC(C)C2CCNCC2)CC1. The Morgan fingerprint density at radius 3 is 2.36 bits per heavy atom. The van der Waals surface area contributed by atoms with E-state index < -0.39 is 0 Å². The van der Waals surface area contributed by atoms with Crippen LogP contribution in [0.3, 0.4) is 0 Å². The fraction of sp³-hybridized carbons (Fsp3) is 0.944. The van der Waals surface area contributed by atoms with E-state index in [4.69, 9.17) is 0 Å². The highest BCUT2D eigenvalue weighted by Crippen LogP contribution is 2.24. The predicted molar refractivity (Wildman–Crippen MR) is 91.8 cm³/mol. The molecule has 0 aliphatic carbocycles. The summed E-state index contributed by atoms with van der Waals surface area (Å²) in [6.45, 7) is 12.5. The van der Waals surface area contributed by atoms with Crippen molar-refractivity contribution in [3.05, 3.63) is 0 Å². The molecule has 0 bridgehead atoms. The molecule has 0 spiro atoms. The third-order valence-electron chi connectivity index (χ3n) is 5.27. The van der Waals surface area contributed by atoms with Gasteiger partial charge in [-0.1, -0.05) is 20.8 Å². The van der Waals surface area contributed by atoms with Crippen LogP contribution >= 0.6 is 0 Å². The lowest BCUT2D eigenvalue weighted by atomic mass is 9.84. The van der Waals surface area contributed by atoms with Crippen LogP contribution in [0.2, 0.25) is 0 Å². The maximum atomic E-state index is 12.3. The van der Waals surface area contributed by atoms with Crippen LogP contribution in [0.15, 0.2) is 0 Å². The van der Waals surface area contributed by atoms with Crippen molar-refractivity contribution in [3.8, 4) is 0 Å². The van der Waals surface area contributed by atoms with Gasteiger partial charge in [-0.05, 0) is 56.5 Å². The number of carbonyl (C=O) groups excluding carboxylic acids is 1. The van der Waals surface area contributed by atoms with E-state index in [1.54, 1.807) is 0 Å². The first kappa shape index (κ1) is 17.7. The number of rotatable bonds is 6. The smallest absolute Gasteiger partial charge is 0.220 e. The molecule has 2 rings (SSSR count). The van der Waals surface area contributed by atoms with Crippen LogP contribution in [0.25, 0.3) is 0 Å². The van der Waals surface area contributed by atoms with Crippen molar-refractivity contribution in [2.24, 2.45) is 17.8 Å². The Hall–Kier alpha value is -0.610. The molecular formula is C18H35N3O. The minimum Gasteiger partial charge on any atom is -0.353 e. The number of likely N-dealkylation sites (tertiary alicyclic amines) is 1. The molecule has 0 aromatic rings. The monoisotopic (exact) mass is 309 g/mol. The van der Waals surface area contributed by atoms with Crippen LogP contribution < -0.4 is 10.6 Å². The summed E-state index contributed by atoms with van der Waals surface area (Å²) in [7, 11) is 0. The van der Waals surface area contributed by atoms with Gasteiger partial charge >= 0.3 is 0 Å². The molecule has 0 aromatic heterocycles. The summed E-state index contributed by atoms with van der Waals surface area (Å²) >= 11 is 0. The quantitative estimate of drug-likeness (QED) is 0.791. The van der Waals surface area contributed by atoms with Gasteiger partial charge in [-0.15, -0.1) is 0 Å². The largest absolute Gasteiger partial charge is 0.353 e. The van der Waals surface area contributed by atoms with Gasteiger partial charge in [0, 0.05) is 32.1 Å². The molecular weight excluding hydrogens is 274 g/mol. The summed E-state index contributed by atoms with van der Waals surface area (Å²) in [6, 6.07) is 0.399. The molecule has 4 heteroatoms. The summed E-state index contributed by atoms with van der Waals surface area (Å²) in [5.74, 6) is 2.24. The Bertz CT molecular complexity index is 331. The average molecular weight is 309 g/mol. The van der Waals surface area contributed by atoms with E-state index in [0.717, 1.165) is 50.9 Å². The third kappa shape index (κ3) is 5.88. The number of nitrogens with one attached hydrogen (secondary N) is 2. The second kappa shape index (κ2) is 8.88. The first-order chi connectivity index (χ1) is 10.5. The van der Waals surface area contributed by atoms with Crippen molar-refractivity contribution < 1.29 is 4.79 Å². The van der Waals surface area contributed by atoms with Crippen LogP contribution in [0.5, 0.6) is 0 Å². The number of piperidine rings is 2. The van der Waals surface area contributed by atoms with Crippen molar-refractivity contribution in [2.45, 2.75) is 58.9 Å². The lowest BCUT2D eigenvalue weighted by molar-refractivity contribution is -0.123. The Labute approximate surface area is 136 Å². The number of nitrogens with zero attached hydrogens (tertiary/aromatic N) is 1. The van der Waals surface area contributed by atoms with E-state index in [1.807, 2.05) is 0 Å². The van der Waals surface area contributed by atoms with Crippen molar-refractivity contribution in [1.82, 2.24) is 15.5 Å². The zero-order chi connectivity index (χ0) is 15.9. The minimum absolute atomic E-state index is 0.272. The topological polar surface area (TPSA) is 44.4 Å². The van der Waals surface area contributed by atoms with Crippen LogP contribution in [-0.4, -0.2) is 49.6 Å². The molecule has 1 amide bonds. The molecule has 2 N–H and O–H groups in total. The highest BCUT2D eigenvalue weighted by molar-refractivity contribution is 5.76. The van der Waals surface area contributed by atoms with Gasteiger partial charge < -0.3 is 15.5 Å². The molecule has 0 saturated carbocycles. The molecule has 0 aromatic carbocycles. The van der Waals surface area contributed by atoms with E-state index in [9.17, 15) is 4.79 Å². The highest BCUT2D eigenvalue weighted by Gasteiger charge is 2.24. The van der Waals surface area contributed by atoms with Crippen molar-refractivity contribution in [3.63, 3.8) is 0 Å². The Morgan fingerprint density at radius 1 is 1.14 bits per heavy atom. The molecule has 2 fully saturated rings. The molecule has 2 saturated heterocycles. The maximum Gasteiger partial charge on any atom is 0.220 e. The molecule has 2 heterocycles. The van der Waals surface area contributed by atoms with Gasteiger partial charge in [0.05, 0.1) is 0 Å². The predicted octanol–water partition coefficient (Wildman–Crippen LogP) is 2.25. The standard InChI is InChI=1S/C18H35N3O/c1-14(2)13-21-10-6-17(7-11-21)20-18(22)12-15(3)16-4-8-19-9-5-16/h14-17,19H,4-13H2,1-3H3,(H,20,22). The highest BCUT2D eigenvalue weighted by atomic mass is 16.1. The van der Waals surface area contributed by atoms with Crippen LogP contribution in [0.4, 0.5) is 0 Å². The van der Waals surface area contributed by atoms with Gasteiger partial charge in [-0.2, -0.15) is 0 Å². The van der Waals surface area contributed by atoms with Gasteiger partial charge in [0.25, 0.3) is 0 Å². The molecule has 1 atom stereocenters. The van der Waals surface area contributed by atoms with Gasteiger partial charge in [0.1, 0.15) is 0 Å². The normalized spacial score (nSPS) is 23.6. The van der Waals surface area contributed by atoms with Gasteiger partial charge in [0.2, 0.25) is 5.91 Å². The zero-order valence-corrected chi connectivity index (χ0v) is 14.7. The van der Waals surface area contributed by atoms with Crippen LogP contribution in [0, 0.1) is 17.8 Å². The van der Waals surface area contributed by atoms with E-state index >= 15 is 0 Å². The summed E-state index contributed by atoms with van der Waals surface area (Å²) in [5, 5.41) is 6.68. The lowest BCUT2D eigenvalue weighted by Crippen LogP contribution is -2.46. The maximum absolute atomic E-state index is 12.3. The first-order valence-corrected chi connectivity index (χ1v) is 9.27. The Morgan fingerprint density at radius 2 is 1.77 bits per heavy atom. The number of hydrogen-bond acceptors (Lipinski definition) is 3. The van der Waals surface area contributed by atoms with E-state index in [1.165, 1.54) is 19.4 Å². The second-order valence-electron chi connectivity index (χ2n) is 7.81. The molecule has 2 aliphatic heterocycles. The van der Waals surface area contributed by atoms with Gasteiger partial charge in [-0.3, -0.25) is 4.79 Å². The van der Waals surface area contributed by atoms with E-state index in [0.29, 0.717) is 18.4 Å². The first-order valence-electron chi connectivity index (χ1n) is 9.27. The van der Waals surface area contributed by atoms with Crippen molar-refractivity contribution in [1.29, 1.82) is 0 Å². The molecule has 22 heavy (non-hydrogen) atoms. The summed E-state index contributed by atoms with van der Waals surface area (Å²) in [4.78, 5) is 14.8. The van der Waals surface area contributed by atoms with Crippen molar-refractivity contribution in [2.75, 3.05) is 32.7 Å². The number of carbonyl (C=O) groups is 1. The summed E-state index contributed by atoms with van der Waals surface area (Å²) in [6.07, 6.45) is 5.38. The molecule has 1 unspecified atom stereocenters. The number of hydrogen-bond donors (Lipinski definition) is 2. The van der Waals surface area contributed by atoms with Crippen molar-refractivity contribution >= 4 is 5.91 Å².